The molecule has 2 aromatic rings. The van der Waals surface area contributed by atoms with Crippen LogP contribution < -0.4 is 11.1 Å². The van der Waals surface area contributed by atoms with E-state index in [1.54, 1.807) is 12.1 Å². The number of rotatable bonds is 3. The second-order valence-corrected chi connectivity index (χ2v) is 3.90. The van der Waals surface area contributed by atoms with Crippen LogP contribution >= 0.6 is 11.6 Å². The lowest BCUT2D eigenvalue weighted by atomic mass is 10.2. The first-order valence-corrected chi connectivity index (χ1v) is 5.41. The van der Waals surface area contributed by atoms with Gasteiger partial charge in [0.25, 0.3) is 5.91 Å². The topological polar surface area (TPSA) is 68.3 Å². The van der Waals surface area contributed by atoms with E-state index in [-0.39, 0.29) is 16.9 Å². The van der Waals surface area contributed by atoms with Crippen LogP contribution in [0.25, 0.3) is 0 Å². The first-order chi connectivity index (χ1) is 8.15. The fraction of sp³-hybridized carbons (Fsp3) is 0.0833. The summed E-state index contributed by atoms with van der Waals surface area (Å²) in [6.45, 7) is 0.414. The molecule has 1 amide bonds. The normalized spacial score (nSPS) is 10.2. The van der Waals surface area contributed by atoms with Crippen molar-refractivity contribution in [2.24, 2.45) is 0 Å². The van der Waals surface area contributed by atoms with Crippen LogP contribution in [0.1, 0.15) is 16.1 Å². The number of furan rings is 1. The third kappa shape index (κ3) is 3.01. The fourth-order valence-electron chi connectivity index (χ4n) is 1.34. The Balaban J connectivity index is 1.94. The Labute approximate surface area is 103 Å². The third-order valence-corrected chi connectivity index (χ3v) is 2.43. The van der Waals surface area contributed by atoms with Gasteiger partial charge in [0.15, 0.2) is 11.0 Å². The molecule has 0 aliphatic carbocycles. The summed E-state index contributed by atoms with van der Waals surface area (Å²) in [6.07, 6.45) is 0. The van der Waals surface area contributed by atoms with E-state index in [0.29, 0.717) is 12.2 Å². The van der Waals surface area contributed by atoms with Crippen LogP contribution in [0.15, 0.2) is 40.8 Å². The summed E-state index contributed by atoms with van der Waals surface area (Å²) >= 11 is 5.58. The van der Waals surface area contributed by atoms with Crippen molar-refractivity contribution in [3.8, 4) is 0 Å². The molecule has 4 nitrogen and oxygen atoms in total. The molecule has 5 heteroatoms. The van der Waals surface area contributed by atoms with Gasteiger partial charge in [0.1, 0.15) is 0 Å². The van der Waals surface area contributed by atoms with Crippen LogP contribution in [0.4, 0.5) is 5.69 Å². The molecule has 0 aliphatic rings. The number of halogens is 1. The number of hydrogen-bond donors (Lipinski definition) is 2. The zero-order valence-electron chi connectivity index (χ0n) is 8.94. The number of anilines is 1. The summed E-state index contributed by atoms with van der Waals surface area (Å²) in [5, 5.41) is 2.91. The van der Waals surface area contributed by atoms with Gasteiger partial charge < -0.3 is 15.5 Å². The Bertz CT molecular complexity index is 520. The molecule has 0 fully saturated rings. The van der Waals surface area contributed by atoms with Gasteiger partial charge in [-0.1, -0.05) is 12.1 Å². The Hall–Kier alpha value is -1.94. The van der Waals surface area contributed by atoms with Gasteiger partial charge >= 0.3 is 0 Å². The molecule has 0 radical (unpaired) electrons. The largest absolute Gasteiger partial charge is 0.440 e. The molecule has 0 unspecified atom stereocenters. The molecule has 0 aliphatic heterocycles. The van der Waals surface area contributed by atoms with Gasteiger partial charge in [-0.2, -0.15) is 0 Å². The van der Waals surface area contributed by atoms with Crippen molar-refractivity contribution >= 4 is 23.2 Å². The summed E-state index contributed by atoms with van der Waals surface area (Å²) in [5.41, 5.74) is 7.22. The number of benzene rings is 1. The minimum Gasteiger partial charge on any atom is -0.440 e. The van der Waals surface area contributed by atoms with Gasteiger partial charge in [-0.3, -0.25) is 4.79 Å². The van der Waals surface area contributed by atoms with Gasteiger partial charge in [0, 0.05) is 12.2 Å². The standard InChI is InChI=1S/C12H11ClN2O2/c13-11-6-5-10(17-11)12(16)15-7-8-1-3-9(14)4-2-8/h1-6H,7,14H2,(H,15,16). The molecule has 1 aromatic carbocycles. The van der Waals surface area contributed by atoms with Gasteiger partial charge in [0.05, 0.1) is 0 Å². The fourth-order valence-corrected chi connectivity index (χ4v) is 1.49. The van der Waals surface area contributed by atoms with E-state index in [2.05, 4.69) is 5.32 Å². The quantitative estimate of drug-likeness (QED) is 0.822. The zero-order valence-corrected chi connectivity index (χ0v) is 9.70. The molecule has 0 saturated carbocycles. The van der Waals surface area contributed by atoms with E-state index >= 15 is 0 Å². The van der Waals surface area contributed by atoms with Gasteiger partial charge in [-0.15, -0.1) is 0 Å². The Morgan fingerprint density at radius 2 is 1.94 bits per heavy atom. The summed E-state index contributed by atoms with van der Waals surface area (Å²) in [4.78, 5) is 11.6. The van der Waals surface area contributed by atoms with E-state index < -0.39 is 0 Å². The second-order valence-electron chi connectivity index (χ2n) is 3.53. The summed E-state index contributed by atoms with van der Waals surface area (Å²) < 4.78 is 4.99. The van der Waals surface area contributed by atoms with Crippen LogP contribution in [0.2, 0.25) is 5.22 Å². The van der Waals surface area contributed by atoms with Crippen molar-refractivity contribution < 1.29 is 9.21 Å². The number of nitrogens with two attached hydrogens (primary N) is 1. The van der Waals surface area contributed by atoms with Crippen molar-refractivity contribution in [3.05, 3.63) is 52.9 Å². The number of nitrogens with one attached hydrogen (secondary N) is 1. The number of carbonyl (C=O) groups excluding carboxylic acids is 1. The molecule has 17 heavy (non-hydrogen) atoms. The molecule has 0 spiro atoms. The molecule has 0 saturated heterocycles. The molecule has 0 atom stereocenters. The first-order valence-electron chi connectivity index (χ1n) is 5.03. The maximum Gasteiger partial charge on any atom is 0.287 e. The van der Waals surface area contributed by atoms with Crippen LogP contribution in [0.3, 0.4) is 0 Å². The lowest BCUT2D eigenvalue weighted by Gasteiger charge is -2.03. The average molecular weight is 251 g/mol. The highest BCUT2D eigenvalue weighted by Crippen LogP contribution is 2.13. The summed E-state index contributed by atoms with van der Waals surface area (Å²) in [6, 6.07) is 10.3. The molecule has 2 rings (SSSR count). The maximum atomic E-state index is 11.6. The van der Waals surface area contributed by atoms with Gasteiger partial charge in [-0.05, 0) is 41.4 Å². The second kappa shape index (κ2) is 4.93. The van der Waals surface area contributed by atoms with Crippen molar-refractivity contribution in [1.82, 2.24) is 5.32 Å². The van der Waals surface area contributed by atoms with Crippen molar-refractivity contribution in [3.63, 3.8) is 0 Å². The van der Waals surface area contributed by atoms with E-state index in [1.807, 2.05) is 12.1 Å². The highest BCUT2D eigenvalue weighted by atomic mass is 35.5. The number of nitrogen functional groups attached to an aromatic ring is 1. The number of amides is 1. The number of carbonyl (C=O) groups is 1. The molecular formula is C12H11ClN2O2. The number of hydrogen-bond acceptors (Lipinski definition) is 3. The molecule has 1 heterocycles. The molecule has 0 bridgehead atoms. The molecule has 3 N–H and O–H groups in total. The predicted molar refractivity (Wildman–Crippen MR) is 65.7 cm³/mol. The smallest absolute Gasteiger partial charge is 0.287 e. The summed E-state index contributed by atoms with van der Waals surface area (Å²) in [7, 11) is 0. The lowest BCUT2D eigenvalue weighted by molar-refractivity contribution is 0.0923. The maximum absolute atomic E-state index is 11.6. The Kier molecular flexibility index (Phi) is 3.35. The minimum atomic E-state index is -0.297. The highest BCUT2D eigenvalue weighted by Gasteiger charge is 2.09. The minimum absolute atomic E-state index is 0.197. The highest BCUT2D eigenvalue weighted by molar-refractivity contribution is 6.29. The van der Waals surface area contributed by atoms with E-state index in [9.17, 15) is 4.79 Å². The molecular weight excluding hydrogens is 240 g/mol. The zero-order chi connectivity index (χ0) is 12.3. The SMILES string of the molecule is Nc1ccc(CNC(=O)c2ccc(Cl)o2)cc1. The Morgan fingerprint density at radius 3 is 2.53 bits per heavy atom. The van der Waals surface area contributed by atoms with Crippen molar-refractivity contribution in [2.75, 3.05) is 5.73 Å². The Morgan fingerprint density at radius 1 is 1.24 bits per heavy atom. The van der Waals surface area contributed by atoms with E-state index in [1.165, 1.54) is 12.1 Å². The molecule has 1 aromatic heterocycles. The van der Waals surface area contributed by atoms with Crippen LogP contribution in [-0.2, 0) is 6.54 Å². The van der Waals surface area contributed by atoms with Crippen LogP contribution in [0, 0.1) is 0 Å². The van der Waals surface area contributed by atoms with Crippen molar-refractivity contribution in [1.29, 1.82) is 0 Å². The summed E-state index contributed by atoms with van der Waals surface area (Å²) in [5.74, 6) is -0.0980. The third-order valence-electron chi connectivity index (χ3n) is 2.23. The van der Waals surface area contributed by atoms with E-state index in [0.717, 1.165) is 5.56 Å². The van der Waals surface area contributed by atoms with Gasteiger partial charge in [0.2, 0.25) is 0 Å². The average Bonchev–Trinajstić information content (AvgIpc) is 2.75. The lowest BCUT2D eigenvalue weighted by Crippen LogP contribution is -2.22. The van der Waals surface area contributed by atoms with Crippen molar-refractivity contribution in [2.45, 2.75) is 6.54 Å². The monoisotopic (exact) mass is 250 g/mol. The first kappa shape index (κ1) is 11.5. The predicted octanol–water partition coefficient (Wildman–Crippen LogP) is 2.45. The van der Waals surface area contributed by atoms with Crippen LogP contribution in [0.5, 0.6) is 0 Å². The van der Waals surface area contributed by atoms with Gasteiger partial charge in [-0.25, -0.2) is 0 Å². The van der Waals surface area contributed by atoms with Crippen LogP contribution in [-0.4, -0.2) is 5.91 Å². The molecule has 88 valence electrons. The van der Waals surface area contributed by atoms with E-state index in [4.69, 9.17) is 21.8 Å².